The van der Waals surface area contributed by atoms with Crippen LogP contribution in [0.4, 0.5) is 19.0 Å². The van der Waals surface area contributed by atoms with Gasteiger partial charge in [-0.15, -0.1) is 0 Å². The lowest BCUT2D eigenvalue weighted by Gasteiger charge is -2.58. The SMILES string of the molecule is CC1(C)C2CC3(OCCO3)C3(CSN4CCN(c5ccc(C(F)(F)F)cn5)CC4)CCC213. The second-order valence-corrected chi connectivity index (χ2v) is 11.6. The van der Waals surface area contributed by atoms with E-state index in [1.165, 1.54) is 18.9 Å². The molecular formula is C23H30F3N3O2S. The van der Waals surface area contributed by atoms with Gasteiger partial charge in [0.05, 0.1) is 18.8 Å². The van der Waals surface area contributed by atoms with Gasteiger partial charge in [0.2, 0.25) is 0 Å². The van der Waals surface area contributed by atoms with Gasteiger partial charge in [-0.05, 0) is 41.7 Å². The average Bonchev–Trinajstić information content (AvgIpc) is 3.03. The number of ether oxygens (including phenoxy) is 2. The lowest BCUT2D eigenvalue weighted by Crippen LogP contribution is -2.60. The Labute approximate surface area is 191 Å². The molecule has 1 aromatic rings. The quantitative estimate of drug-likeness (QED) is 0.607. The number of hydrogen-bond acceptors (Lipinski definition) is 6. The maximum atomic E-state index is 12.8. The molecule has 2 saturated heterocycles. The third-order valence-corrected chi connectivity index (χ3v) is 10.8. The van der Waals surface area contributed by atoms with Gasteiger partial charge in [0.15, 0.2) is 5.79 Å². The van der Waals surface area contributed by atoms with Crippen molar-refractivity contribution in [2.24, 2.45) is 22.2 Å². The van der Waals surface area contributed by atoms with Crippen molar-refractivity contribution in [3.05, 3.63) is 23.9 Å². The second kappa shape index (κ2) is 6.77. The van der Waals surface area contributed by atoms with Gasteiger partial charge in [-0.1, -0.05) is 25.8 Å². The Kier molecular flexibility index (Phi) is 4.55. The van der Waals surface area contributed by atoms with Crippen LogP contribution in [0, 0.1) is 22.2 Å². The molecule has 3 heterocycles. The minimum absolute atomic E-state index is 0.0987. The van der Waals surface area contributed by atoms with Crippen LogP contribution in [0.5, 0.6) is 0 Å². The van der Waals surface area contributed by atoms with E-state index in [2.05, 4.69) is 28.0 Å². The Bertz CT molecular complexity index is 893. The third-order valence-electron chi connectivity index (χ3n) is 9.42. The van der Waals surface area contributed by atoms with Crippen LogP contribution in [-0.2, 0) is 15.7 Å². The molecule has 0 N–H and O–H groups in total. The van der Waals surface area contributed by atoms with E-state index in [9.17, 15) is 13.2 Å². The van der Waals surface area contributed by atoms with E-state index in [0.717, 1.165) is 50.6 Å². The molecule has 0 bridgehead atoms. The van der Waals surface area contributed by atoms with E-state index in [-0.39, 0.29) is 11.2 Å². The van der Waals surface area contributed by atoms with Crippen LogP contribution in [0.3, 0.4) is 0 Å². The fourth-order valence-corrected chi connectivity index (χ4v) is 9.13. The Morgan fingerprint density at radius 1 is 1.09 bits per heavy atom. The summed E-state index contributed by atoms with van der Waals surface area (Å²) < 4.78 is 53.4. The van der Waals surface area contributed by atoms with E-state index < -0.39 is 11.7 Å². The van der Waals surface area contributed by atoms with Gasteiger partial charge in [-0.25, -0.2) is 9.29 Å². The molecule has 2 aliphatic heterocycles. The number of halogens is 3. The normalized spacial score (nSPS) is 37.3. The first-order valence-corrected chi connectivity index (χ1v) is 12.5. The van der Waals surface area contributed by atoms with Crippen molar-refractivity contribution in [3.8, 4) is 0 Å². The van der Waals surface area contributed by atoms with Crippen molar-refractivity contribution in [3.63, 3.8) is 0 Å². The number of alkyl halides is 3. The zero-order chi connectivity index (χ0) is 22.4. The maximum Gasteiger partial charge on any atom is 0.417 e. The average molecular weight is 470 g/mol. The molecule has 3 atom stereocenters. The first-order valence-electron chi connectivity index (χ1n) is 11.6. The Morgan fingerprint density at radius 2 is 1.81 bits per heavy atom. The fourth-order valence-electron chi connectivity index (χ4n) is 7.68. The van der Waals surface area contributed by atoms with Crippen LogP contribution in [-0.4, -0.2) is 60.2 Å². The van der Waals surface area contributed by atoms with E-state index >= 15 is 0 Å². The zero-order valence-electron chi connectivity index (χ0n) is 18.6. The zero-order valence-corrected chi connectivity index (χ0v) is 19.4. The van der Waals surface area contributed by atoms with Crippen molar-refractivity contribution >= 4 is 17.8 Å². The summed E-state index contributed by atoms with van der Waals surface area (Å²) in [6.07, 6.45) is 0.0790. The van der Waals surface area contributed by atoms with Gasteiger partial charge in [-0.2, -0.15) is 13.2 Å². The standard InChI is InChI=1S/C23H30F3N3O2S/c1-19(2)17-13-22(30-11-12-31-22)20(5-6-21(17,19)20)15-32-29-9-7-28(8-10-29)18-4-3-16(14-27-18)23(24,25)26/h3-4,14,17H,5-13,15H2,1-2H3. The third kappa shape index (κ3) is 2.62. The van der Waals surface area contributed by atoms with Gasteiger partial charge in [0, 0.05) is 50.0 Å². The minimum Gasteiger partial charge on any atom is -0.354 e. The molecule has 3 aliphatic carbocycles. The highest BCUT2D eigenvalue weighted by atomic mass is 32.2. The smallest absolute Gasteiger partial charge is 0.354 e. The van der Waals surface area contributed by atoms with Crippen molar-refractivity contribution < 1.29 is 22.6 Å². The van der Waals surface area contributed by atoms with E-state index in [0.29, 0.717) is 35.8 Å². The summed E-state index contributed by atoms with van der Waals surface area (Å²) in [5.41, 5.74) is 0.136. The van der Waals surface area contributed by atoms with Crippen LogP contribution in [0.2, 0.25) is 0 Å². The van der Waals surface area contributed by atoms with E-state index in [1.807, 2.05) is 11.9 Å². The number of rotatable bonds is 4. The summed E-state index contributed by atoms with van der Waals surface area (Å²) in [5, 5.41) is 0. The molecule has 3 unspecified atom stereocenters. The maximum absolute atomic E-state index is 12.8. The van der Waals surface area contributed by atoms with E-state index in [4.69, 9.17) is 9.47 Å². The number of aromatic nitrogens is 1. The van der Waals surface area contributed by atoms with Crippen molar-refractivity contribution in [1.82, 2.24) is 9.29 Å². The first kappa shape index (κ1) is 21.5. The summed E-state index contributed by atoms with van der Waals surface area (Å²) in [6, 6.07) is 2.60. The molecule has 176 valence electrons. The fraction of sp³-hybridized carbons (Fsp3) is 0.783. The number of hydrogen-bond donors (Lipinski definition) is 0. The molecule has 5 nitrogen and oxygen atoms in total. The Balaban J connectivity index is 1.10. The van der Waals surface area contributed by atoms with Gasteiger partial charge in [0.25, 0.3) is 0 Å². The first-order chi connectivity index (χ1) is 15.2. The lowest BCUT2D eigenvalue weighted by atomic mass is 9.53. The van der Waals surface area contributed by atoms with Gasteiger partial charge in [-0.3, -0.25) is 0 Å². The van der Waals surface area contributed by atoms with Gasteiger partial charge < -0.3 is 14.4 Å². The predicted molar refractivity (Wildman–Crippen MR) is 116 cm³/mol. The number of anilines is 1. The summed E-state index contributed by atoms with van der Waals surface area (Å²) >= 11 is 1.92. The van der Waals surface area contributed by atoms with Crippen LogP contribution in [0.15, 0.2) is 18.3 Å². The Morgan fingerprint density at radius 3 is 2.38 bits per heavy atom. The molecule has 5 aliphatic rings. The van der Waals surface area contributed by atoms with Crippen LogP contribution in [0.1, 0.15) is 38.7 Å². The molecule has 9 heteroatoms. The van der Waals surface area contributed by atoms with Crippen molar-refractivity contribution in [2.45, 2.75) is 45.1 Å². The van der Waals surface area contributed by atoms with Gasteiger partial charge >= 0.3 is 6.18 Å². The monoisotopic (exact) mass is 469 g/mol. The molecule has 2 spiro atoms. The van der Waals surface area contributed by atoms with Crippen LogP contribution >= 0.6 is 11.9 Å². The van der Waals surface area contributed by atoms with Crippen LogP contribution < -0.4 is 4.90 Å². The van der Waals surface area contributed by atoms with E-state index in [1.54, 1.807) is 0 Å². The summed E-state index contributed by atoms with van der Waals surface area (Å²) in [4.78, 5) is 6.13. The summed E-state index contributed by atoms with van der Waals surface area (Å²) in [7, 11) is 0. The topological polar surface area (TPSA) is 37.8 Å². The second-order valence-electron chi connectivity index (χ2n) is 10.6. The Hall–Kier alpha value is -1.03. The predicted octanol–water partition coefficient (Wildman–Crippen LogP) is 4.44. The summed E-state index contributed by atoms with van der Waals surface area (Å²) in [6.45, 7) is 9.49. The molecule has 3 saturated carbocycles. The number of pyridine rings is 1. The van der Waals surface area contributed by atoms with Crippen LogP contribution in [0.25, 0.3) is 0 Å². The minimum atomic E-state index is -4.35. The molecule has 0 radical (unpaired) electrons. The van der Waals surface area contributed by atoms with Crippen molar-refractivity contribution in [2.75, 3.05) is 50.0 Å². The highest BCUT2D eigenvalue weighted by Crippen LogP contribution is 2.93. The highest BCUT2D eigenvalue weighted by Gasteiger charge is 2.92. The largest absolute Gasteiger partial charge is 0.417 e. The summed E-state index contributed by atoms with van der Waals surface area (Å²) in [5.74, 6) is 1.95. The van der Waals surface area contributed by atoms with Crippen molar-refractivity contribution in [1.29, 1.82) is 0 Å². The lowest BCUT2D eigenvalue weighted by molar-refractivity contribution is -0.270. The highest BCUT2D eigenvalue weighted by molar-refractivity contribution is 7.97. The molecule has 1 aromatic heterocycles. The molecule has 6 rings (SSSR count). The van der Waals surface area contributed by atoms with Gasteiger partial charge in [0.1, 0.15) is 5.82 Å². The molecule has 5 fully saturated rings. The number of piperazine rings is 1. The number of nitrogens with zero attached hydrogens (tertiary/aromatic N) is 3. The molecular weight excluding hydrogens is 439 g/mol. The molecule has 32 heavy (non-hydrogen) atoms. The number of fused-ring (bicyclic) bond motifs is 1. The molecule has 0 amide bonds. The molecule has 0 aromatic carbocycles.